The maximum absolute atomic E-state index is 13.4. The first kappa shape index (κ1) is 18.0. The maximum Gasteiger partial charge on any atom is 0.333 e. The number of carbonyl (C=O) groups is 3. The molecule has 0 unspecified atom stereocenters. The van der Waals surface area contributed by atoms with E-state index < -0.39 is 34.3 Å². The van der Waals surface area contributed by atoms with Gasteiger partial charge in [-0.25, -0.2) is 4.79 Å². The Morgan fingerprint density at radius 3 is 2.30 bits per heavy atom. The smallest absolute Gasteiger partial charge is 0.333 e. The van der Waals surface area contributed by atoms with Gasteiger partial charge in [-0.1, -0.05) is 0 Å². The predicted molar refractivity (Wildman–Crippen MR) is 89.7 cm³/mol. The fraction of sp³-hybridized carbons (Fsp3) is 0.118. The van der Waals surface area contributed by atoms with E-state index in [0.29, 0.717) is 0 Å². The number of hydrogen-bond acceptors (Lipinski definition) is 6. The average Bonchev–Trinajstić information content (AvgIpc) is 3.11. The zero-order chi connectivity index (χ0) is 19.9. The molecule has 0 bridgehead atoms. The van der Waals surface area contributed by atoms with Crippen LogP contribution in [0, 0.1) is 15.9 Å². The topological polar surface area (TPSA) is 114 Å². The molecule has 0 N–H and O–H groups in total. The zero-order valence-electron chi connectivity index (χ0n) is 14.1. The Kier molecular flexibility index (Phi) is 4.32. The Hall–Kier alpha value is -3.82. The third-order valence-corrected chi connectivity index (χ3v) is 3.98. The third kappa shape index (κ3) is 3.08. The standard InChI is InChI=1S/C17H12FN3O6/c1-19-15(22)11(16(23)20(2)17(19)24)8-10-4-6-14(27-10)9-3-5-12(18)13(7-9)21(25)26/h3-8H,1-2H3. The number of furan rings is 1. The maximum atomic E-state index is 13.4. The molecule has 0 atom stereocenters. The summed E-state index contributed by atoms with van der Waals surface area (Å²) in [5.74, 6) is -2.24. The average molecular weight is 373 g/mol. The molecule has 1 aromatic heterocycles. The zero-order valence-corrected chi connectivity index (χ0v) is 14.1. The summed E-state index contributed by atoms with van der Waals surface area (Å²) in [5.41, 5.74) is -0.729. The Balaban J connectivity index is 1.97. The van der Waals surface area contributed by atoms with Crippen molar-refractivity contribution in [2.24, 2.45) is 0 Å². The molecule has 9 nitrogen and oxygen atoms in total. The first-order valence-electron chi connectivity index (χ1n) is 7.56. The van der Waals surface area contributed by atoms with Crippen LogP contribution in [0.2, 0.25) is 0 Å². The highest BCUT2D eigenvalue weighted by molar-refractivity contribution is 6.30. The van der Waals surface area contributed by atoms with Crippen molar-refractivity contribution in [1.29, 1.82) is 0 Å². The van der Waals surface area contributed by atoms with Crippen LogP contribution >= 0.6 is 0 Å². The molecular weight excluding hydrogens is 361 g/mol. The second kappa shape index (κ2) is 6.48. The summed E-state index contributed by atoms with van der Waals surface area (Å²) >= 11 is 0. The molecule has 1 aliphatic rings. The lowest BCUT2D eigenvalue weighted by Crippen LogP contribution is -2.52. The first-order chi connectivity index (χ1) is 12.7. The molecule has 2 aromatic rings. The van der Waals surface area contributed by atoms with Gasteiger partial charge >= 0.3 is 11.7 Å². The molecule has 4 amide bonds. The Morgan fingerprint density at radius 2 is 1.70 bits per heavy atom. The van der Waals surface area contributed by atoms with Gasteiger partial charge in [0.15, 0.2) is 0 Å². The number of likely N-dealkylation sites (N-methyl/N-ethyl adjacent to an activating group) is 2. The summed E-state index contributed by atoms with van der Waals surface area (Å²) in [4.78, 5) is 47.6. The van der Waals surface area contributed by atoms with Crippen LogP contribution in [-0.2, 0) is 9.59 Å². The SMILES string of the molecule is CN1C(=O)C(=Cc2ccc(-c3ccc(F)c([N+](=O)[O-])c3)o2)C(=O)N(C)C1=O. The van der Waals surface area contributed by atoms with Crippen molar-refractivity contribution >= 4 is 29.6 Å². The largest absolute Gasteiger partial charge is 0.457 e. The third-order valence-electron chi connectivity index (χ3n) is 3.98. The number of benzene rings is 1. The van der Waals surface area contributed by atoms with Crippen molar-refractivity contribution in [3.05, 3.63) is 57.6 Å². The van der Waals surface area contributed by atoms with Crippen molar-refractivity contribution < 1.29 is 28.1 Å². The number of imide groups is 2. The monoisotopic (exact) mass is 373 g/mol. The summed E-state index contributed by atoms with van der Waals surface area (Å²) in [6.45, 7) is 0. The van der Waals surface area contributed by atoms with Crippen LogP contribution in [0.1, 0.15) is 5.76 Å². The Bertz CT molecular complexity index is 999. The molecule has 3 rings (SSSR count). The van der Waals surface area contributed by atoms with Crippen LogP contribution in [0.3, 0.4) is 0 Å². The number of carbonyl (C=O) groups excluding carboxylic acids is 3. The molecule has 1 saturated heterocycles. The van der Waals surface area contributed by atoms with Crippen LogP contribution in [0.4, 0.5) is 14.9 Å². The number of barbiturate groups is 1. The number of rotatable bonds is 3. The van der Waals surface area contributed by atoms with Crippen molar-refractivity contribution in [1.82, 2.24) is 9.80 Å². The van der Waals surface area contributed by atoms with Gasteiger partial charge in [-0.05, 0) is 30.3 Å². The van der Waals surface area contributed by atoms with Crippen LogP contribution in [0.25, 0.3) is 17.4 Å². The molecular formula is C17H12FN3O6. The second-order valence-electron chi connectivity index (χ2n) is 5.69. The minimum atomic E-state index is -0.980. The number of halogens is 1. The van der Waals surface area contributed by atoms with E-state index in [-0.39, 0.29) is 22.7 Å². The van der Waals surface area contributed by atoms with E-state index in [0.717, 1.165) is 21.9 Å². The van der Waals surface area contributed by atoms with Gasteiger partial charge in [0.25, 0.3) is 11.8 Å². The summed E-state index contributed by atoms with van der Waals surface area (Å²) in [6.07, 6.45) is 1.17. The summed E-state index contributed by atoms with van der Waals surface area (Å²) in [6, 6.07) is 5.41. The molecule has 1 aliphatic heterocycles. The van der Waals surface area contributed by atoms with Gasteiger partial charge in [0.2, 0.25) is 5.82 Å². The van der Waals surface area contributed by atoms with Crippen molar-refractivity contribution in [3.63, 3.8) is 0 Å². The van der Waals surface area contributed by atoms with Gasteiger partial charge in [-0.2, -0.15) is 4.39 Å². The lowest BCUT2D eigenvalue weighted by atomic mass is 10.1. The first-order valence-corrected chi connectivity index (χ1v) is 7.56. The normalized spacial score (nSPS) is 14.8. The molecule has 0 spiro atoms. The van der Waals surface area contributed by atoms with E-state index in [4.69, 9.17) is 4.42 Å². The van der Waals surface area contributed by atoms with E-state index in [9.17, 15) is 28.9 Å². The molecule has 10 heteroatoms. The van der Waals surface area contributed by atoms with E-state index in [1.807, 2.05) is 0 Å². The van der Waals surface area contributed by atoms with Crippen LogP contribution in [0.15, 0.2) is 40.3 Å². The minimum Gasteiger partial charge on any atom is -0.457 e. The Labute approximate surface area is 151 Å². The van der Waals surface area contributed by atoms with Gasteiger partial charge in [0, 0.05) is 25.7 Å². The van der Waals surface area contributed by atoms with E-state index in [1.165, 1.54) is 38.4 Å². The van der Waals surface area contributed by atoms with Gasteiger partial charge < -0.3 is 4.42 Å². The number of urea groups is 1. The van der Waals surface area contributed by atoms with Crippen molar-refractivity contribution in [2.45, 2.75) is 0 Å². The molecule has 1 fully saturated rings. The highest BCUT2D eigenvalue weighted by Gasteiger charge is 2.38. The molecule has 0 saturated carbocycles. The van der Waals surface area contributed by atoms with E-state index >= 15 is 0 Å². The van der Waals surface area contributed by atoms with Crippen molar-refractivity contribution in [3.8, 4) is 11.3 Å². The van der Waals surface area contributed by atoms with Crippen LogP contribution in [-0.4, -0.2) is 46.7 Å². The Morgan fingerprint density at radius 1 is 1.07 bits per heavy atom. The van der Waals surface area contributed by atoms with E-state index in [1.54, 1.807) is 0 Å². The highest BCUT2D eigenvalue weighted by Crippen LogP contribution is 2.29. The summed E-state index contributed by atoms with van der Waals surface area (Å²) in [7, 11) is 2.49. The predicted octanol–water partition coefficient (Wildman–Crippen LogP) is 2.43. The van der Waals surface area contributed by atoms with Gasteiger partial charge in [0.1, 0.15) is 17.1 Å². The lowest BCUT2D eigenvalue weighted by Gasteiger charge is -2.28. The summed E-state index contributed by atoms with van der Waals surface area (Å²) in [5, 5.41) is 10.8. The summed E-state index contributed by atoms with van der Waals surface area (Å²) < 4.78 is 18.9. The highest BCUT2D eigenvalue weighted by atomic mass is 19.1. The second-order valence-corrected chi connectivity index (χ2v) is 5.69. The molecule has 27 heavy (non-hydrogen) atoms. The van der Waals surface area contributed by atoms with E-state index in [2.05, 4.69) is 0 Å². The molecule has 0 radical (unpaired) electrons. The fourth-order valence-electron chi connectivity index (χ4n) is 2.51. The number of nitro groups is 1. The quantitative estimate of drug-likeness (QED) is 0.353. The molecule has 0 aliphatic carbocycles. The minimum absolute atomic E-state index is 0.116. The fourth-order valence-corrected chi connectivity index (χ4v) is 2.51. The number of nitro benzene ring substituents is 1. The number of hydrogen-bond donors (Lipinski definition) is 0. The number of nitrogens with zero attached hydrogens (tertiary/aromatic N) is 3. The van der Waals surface area contributed by atoms with Crippen LogP contribution < -0.4 is 0 Å². The molecule has 2 heterocycles. The van der Waals surface area contributed by atoms with Crippen LogP contribution in [0.5, 0.6) is 0 Å². The lowest BCUT2D eigenvalue weighted by molar-refractivity contribution is -0.387. The number of amides is 4. The van der Waals surface area contributed by atoms with Crippen molar-refractivity contribution in [2.75, 3.05) is 14.1 Å². The van der Waals surface area contributed by atoms with Gasteiger partial charge in [-0.15, -0.1) is 0 Å². The molecule has 1 aromatic carbocycles. The van der Waals surface area contributed by atoms with Gasteiger partial charge in [0.05, 0.1) is 4.92 Å². The molecule has 138 valence electrons. The van der Waals surface area contributed by atoms with Gasteiger partial charge in [-0.3, -0.25) is 29.5 Å².